The molecule has 1 unspecified atom stereocenters. The molecule has 0 aromatic heterocycles. The maximum Gasteiger partial charge on any atom is 0.191 e. The SMILES string of the molecule is CCNC(=NCC(CC(C)C)N1CCOCC1)NCCS(=O)(=O)CC.I. The molecule has 0 saturated carbocycles. The molecule has 1 aliphatic rings. The lowest BCUT2D eigenvalue weighted by molar-refractivity contribution is 0.0143. The van der Waals surface area contributed by atoms with E-state index in [1.54, 1.807) is 6.92 Å². The molecule has 0 amide bonds. The van der Waals surface area contributed by atoms with Crippen molar-refractivity contribution in [1.82, 2.24) is 15.5 Å². The minimum absolute atomic E-state index is 0. The van der Waals surface area contributed by atoms with Gasteiger partial charge < -0.3 is 15.4 Å². The highest BCUT2D eigenvalue weighted by Crippen LogP contribution is 2.14. The molecular weight excluding hydrogens is 467 g/mol. The van der Waals surface area contributed by atoms with Crippen LogP contribution >= 0.6 is 24.0 Å². The summed E-state index contributed by atoms with van der Waals surface area (Å²) in [5.74, 6) is 1.60. The van der Waals surface area contributed by atoms with Crippen LogP contribution in [0.15, 0.2) is 4.99 Å². The molecule has 1 rings (SSSR count). The molecule has 0 aromatic carbocycles. The molecule has 1 fully saturated rings. The summed E-state index contributed by atoms with van der Waals surface area (Å²) in [7, 11) is -2.96. The molecule has 9 heteroatoms. The maximum absolute atomic E-state index is 11.6. The number of guanidine groups is 1. The molecule has 26 heavy (non-hydrogen) atoms. The van der Waals surface area contributed by atoms with Crippen molar-refractivity contribution < 1.29 is 13.2 Å². The van der Waals surface area contributed by atoms with Crippen LogP contribution < -0.4 is 10.6 Å². The largest absolute Gasteiger partial charge is 0.379 e. The van der Waals surface area contributed by atoms with Crippen LogP contribution in [-0.4, -0.2) is 82.8 Å². The van der Waals surface area contributed by atoms with Gasteiger partial charge in [-0.05, 0) is 19.3 Å². The van der Waals surface area contributed by atoms with Crippen molar-refractivity contribution in [3.63, 3.8) is 0 Å². The molecule has 0 radical (unpaired) electrons. The molecule has 0 bridgehead atoms. The summed E-state index contributed by atoms with van der Waals surface area (Å²) < 4.78 is 28.7. The Morgan fingerprint density at radius 1 is 1.19 bits per heavy atom. The third kappa shape index (κ3) is 10.9. The van der Waals surface area contributed by atoms with Crippen LogP contribution in [0.1, 0.15) is 34.1 Å². The molecule has 1 saturated heterocycles. The lowest BCUT2D eigenvalue weighted by atomic mass is 10.0. The van der Waals surface area contributed by atoms with Crippen LogP contribution in [0.25, 0.3) is 0 Å². The smallest absolute Gasteiger partial charge is 0.191 e. The lowest BCUT2D eigenvalue weighted by Gasteiger charge is -2.34. The molecule has 0 aromatic rings. The van der Waals surface area contributed by atoms with Crippen molar-refractivity contribution >= 4 is 39.8 Å². The van der Waals surface area contributed by atoms with Crippen molar-refractivity contribution in [1.29, 1.82) is 0 Å². The van der Waals surface area contributed by atoms with Crippen molar-refractivity contribution in [2.45, 2.75) is 40.2 Å². The Hall–Kier alpha value is -0.130. The van der Waals surface area contributed by atoms with Crippen molar-refractivity contribution in [3.05, 3.63) is 0 Å². The predicted octanol–water partition coefficient (Wildman–Crippen LogP) is 1.34. The summed E-state index contributed by atoms with van der Waals surface area (Å²) in [6.07, 6.45) is 1.09. The van der Waals surface area contributed by atoms with E-state index in [-0.39, 0.29) is 35.5 Å². The average molecular weight is 504 g/mol. The molecule has 0 spiro atoms. The monoisotopic (exact) mass is 504 g/mol. The van der Waals surface area contributed by atoms with Crippen LogP contribution in [-0.2, 0) is 14.6 Å². The predicted molar refractivity (Wildman–Crippen MR) is 119 cm³/mol. The molecule has 2 N–H and O–H groups in total. The quantitative estimate of drug-likeness (QED) is 0.266. The Bertz CT molecular complexity index is 494. The normalized spacial score (nSPS) is 17.7. The van der Waals surface area contributed by atoms with E-state index >= 15 is 0 Å². The zero-order valence-corrected chi connectivity index (χ0v) is 19.8. The zero-order valence-electron chi connectivity index (χ0n) is 16.7. The van der Waals surface area contributed by atoms with Crippen LogP contribution in [0.3, 0.4) is 0 Å². The fourth-order valence-electron chi connectivity index (χ4n) is 2.83. The number of rotatable bonds is 10. The molecule has 1 heterocycles. The summed E-state index contributed by atoms with van der Waals surface area (Å²) in [6, 6.07) is 0.388. The highest BCUT2D eigenvalue weighted by Gasteiger charge is 2.21. The Labute approximate surface area is 176 Å². The van der Waals surface area contributed by atoms with Gasteiger partial charge in [-0.3, -0.25) is 9.89 Å². The van der Waals surface area contributed by atoms with Gasteiger partial charge in [0.1, 0.15) is 0 Å². The van der Waals surface area contributed by atoms with Gasteiger partial charge in [-0.1, -0.05) is 20.8 Å². The standard InChI is InChI=1S/C17H36N4O3S.HI/c1-5-18-17(19-7-12-25(22,23)6-2)20-14-16(13-15(3)4)21-8-10-24-11-9-21;/h15-16H,5-14H2,1-4H3,(H2,18,19,20);1H. The van der Waals surface area contributed by atoms with Gasteiger partial charge in [-0.15, -0.1) is 24.0 Å². The van der Waals surface area contributed by atoms with Crippen molar-refractivity contribution in [2.24, 2.45) is 10.9 Å². The summed E-state index contributed by atoms with van der Waals surface area (Å²) in [6.45, 7) is 13.4. The van der Waals surface area contributed by atoms with Gasteiger partial charge in [-0.25, -0.2) is 8.42 Å². The Morgan fingerprint density at radius 2 is 1.85 bits per heavy atom. The second-order valence-corrected chi connectivity index (χ2v) is 9.29. The number of aliphatic imine (C=N–C) groups is 1. The zero-order chi connectivity index (χ0) is 18.7. The van der Waals surface area contributed by atoms with E-state index in [1.807, 2.05) is 6.92 Å². The second-order valence-electron chi connectivity index (χ2n) is 6.81. The average Bonchev–Trinajstić information content (AvgIpc) is 2.58. The first-order valence-corrected chi connectivity index (χ1v) is 11.2. The van der Waals surface area contributed by atoms with Crippen LogP contribution in [0.4, 0.5) is 0 Å². The fraction of sp³-hybridized carbons (Fsp3) is 0.941. The van der Waals surface area contributed by atoms with E-state index in [0.29, 0.717) is 31.0 Å². The summed E-state index contributed by atoms with van der Waals surface area (Å²) in [5.41, 5.74) is 0. The van der Waals surface area contributed by atoms with E-state index in [0.717, 1.165) is 39.3 Å². The Morgan fingerprint density at radius 3 is 2.38 bits per heavy atom. The van der Waals surface area contributed by atoms with E-state index in [1.165, 1.54) is 0 Å². The highest BCUT2D eigenvalue weighted by molar-refractivity contribution is 14.0. The van der Waals surface area contributed by atoms with Crippen molar-refractivity contribution in [3.8, 4) is 0 Å². The van der Waals surface area contributed by atoms with Gasteiger partial charge in [0.05, 0.1) is 25.5 Å². The summed E-state index contributed by atoms with van der Waals surface area (Å²) >= 11 is 0. The molecule has 1 aliphatic heterocycles. The number of hydrogen-bond acceptors (Lipinski definition) is 5. The topological polar surface area (TPSA) is 83.0 Å². The van der Waals surface area contributed by atoms with E-state index < -0.39 is 9.84 Å². The molecule has 1 atom stereocenters. The number of halogens is 1. The Balaban J connectivity index is 0.00000625. The van der Waals surface area contributed by atoms with Gasteiger partial charge in [-0.2, -0.15) is 0 Å². The van der Waals surface area contributed by atoms with Crippen LogP contribution in [0.5, 0.6) is 0 Å². The van der Waals surface area contributed by atoms with E-state index in [2.05, 4.69) is 29.4 Å². The summed E-state index contributed by atoms with van der Waals surface area (Å²) in [5, 5.41) is 6.34. The molecule has 0 aliphatic carbocycles. The van der Waals surface area contributed by atoms with Gasteiger partial charge in [0, 0.05) is 38.0 Å². The summed E-state index contributed by atoms with van der Waals surface area (Å²) in [4.78, 5) is 7.16. The van der Waals surface area contributed by atoms with Gasteiger partial charge >= 0.3 is 0 Å². The van der Waals surface area contributed by atoms with E-state index in [9.17, 15) is 8.42 Å². The van der Waals surface area contributed by atoms with Crippen LogP contribution in [0.2, 0.25) is 0 Å². The minimum Gasteiger partial charge on any atom is -0.379 e. The first-order valence-electron chi connectivity index (χ1n) is 9.42. The first-order chi connectivity index (χ1) is 11.9. The number of sulfone groups is 1. The number of nitrogens with one attached hydrogen (secondary N) is 2. The Kier molecular flexibility index (Phi) is 13.9. The first kappa shape index (κ1) is 25.9. The fourth-order valence-corrected chi connectivity index (χ4v) is 3.54. The highest BCUT2D eigenvalue weighted by atomic mass is 127. The third-order valence-electron chi connectivity index (χ3n) is 4.26. The van der Waals surface area contributed by atoms with Crippen molar-refractivity contribution in [2.75, 3.05) is 57.4 Å². The van der Waals surface area contributed by atoms with E-state index in [4.69, 9.17) is 9.73 Å². The van der Waals surface area contributed by atoms with Gasteiger partial charge in [0.25, 0.3) is 0 Å². The van der Waals surface area contributed by atoms with Crippen LogP contribution in [0, 0.1) is 5.92 Å². The number of morpholine rings is 1. The maximum atomic E-state index is 11.6. The number of nitrogens with zero attached hydrogens (tertiary/aromatic N) is 2. The second kappa shape index (κ2) is 14.0. The number of ether oxygens (including phenoxy) is 1. The van der Waals surface area contributed by atoms with Gasteiger partial charge in [0.2, 0.25) is 0 Å². The van der Waals surface area contributed by atoms with Gasteiger partial charge in [0.15, 0.2) is 15.8 Å². The molecular formula is C17H37IN4O3S. The molecule has 156 valence electrons. The molecule has 7 nitrogen and oxygen atoms in total. The number of hydrogen-bond donors (Lipinski definition) is 2. The third-order valence-corrected chi connectivity index (χ3v) is 5.96. The lowest BCUT2D eigenvalue weighted by Crippen LogP contribution is -2.46. The minimum atomic E-state index is -2.96.